The van der Waals surface area contributed by atoms with E-state index < -0.39 is 6.04 Å². The number of hydrogen-bond donors (Lipinski definition) is 3. The lowest BCUT2D eigenvalue weighted by Crippen LogP contribution is -2.52. The van der Waals surface area contributed by atoms with Crippen LogP contribution in [0.3, 0.4) is 0 Å². The Balaban J connectivity index is 1.40. The maximum Gasteiger partial charge on any atom is 0.318 e. The second-order valence-electron chi connectivity index (χ2n) is 10.4. The van der Waals surface area contributed by atoms with Crippen LogP contribution in [-0.2, 0) is 24.3 Å². The Bertz CT molecular complexity index is 1440. The molecule has 0 radical (unpaired) electrons. The summed E-state index contributed by atoms with van der Waals surface area (Å²) in [6.07, 6.45) is 2.74. The molecule has 1 aliphatic heterocycles. The molecule has 3 amide bonds. The zero-order valence-corrected chi connectivity index (χ0v) is 22.2. The van der Waals surface area contributed by atoms with Crippen molar-refractivity contribution in [2.75, 3.05) is 26.0 Å². The van der Waals surface area contributed by atoms with Gasteiger partial charge in [-0.1, -0.05) is 61.5 Å². The third-order valence-electron chi connectivity index (χ3n) is 7.28. The minimum Gasteiger partial charge on any atom is -0.361 e. The van der Waals surface area contributed by atoms with Gasteiger partial charge in [0.15, 0.2) is 0 Å². The largest absolute Gasteiger partial charge is 0.361 e. The Kier molecular flexibility index (Phi) is 7.47. The third kappa shape index (κ3) is 5.58. The summed E-state index contributed by atoms with van der Waals surface area (Å²) in [6, 6.07) is 23.1. The normalized spacial score (nSPS) is 14.7. The summed E-state index contributed by atoms with van der Waals surface area (Å²) in [7, 11) is 4.03. The van der Waals surface area contributed by atoms with Crippen molar-refractivity contribution in [3.63, 3.8) is 0 Å². The Morgan fingerprint density at radius 3 is 2.58 bits per heavy atom. The minimum absolute atomic E-state index is 0.229. The highest BCUT2D eigenvalue weighted by atomic mass is 16.2. The number of hydrogen-bond acceptors (Lipinski definition) is 3. The van der Waals surface area contributed by atoms with E-state index in [1.54, 1.807) is 4.90 Å². The average molecular weight is 510 g/mol. The number of aromatic amines is 1. The molecule has 1 aliphatic rings. The summed E-state index contributed by atoms with van der Waals surface area (Å²) in [5, 5.41) is 7.21. The van der Waals surface area contributed by atoms with Gasteiger partial charge in [0.2, 0.25) is 5.91 Å². The maximum atomic E-state index is 13.8. The van der Waals surface area contributed by atoms with Crippen molar-refractivity contribution in [3.8, 4) is 0 Å². The van der Waals surface area contributed by atoms with Crippen molar-refractivity contribution >= 4 is 28.5 Å². The van der Waals surface area contributed by atoms with Crippen molar-refractivity contribution < 1.29 is 9.59 Å². The quantitative estimate of drug-likeness (QED) is 0.324. The van der Waals surface area contributed by atoms with Gasteiger partial charge in [-0.25, -0.2) is 4.79 Å². The van der Waals surface area contributed by atoms with E-state index in [2.05, 4.69) is 32.7 Å². The fraction of sp³-hybridized carbons (Fsp3) is 0.290. The number of nitrogens with zero attached hydrogens (tertiary/aromatic N) is 2. The molecule has 196 valence electrons. The summed E-state index contributed by atoms with van der Waals surface area (Å²) < 4.78 is 0. The Hall–Kier alpha value is -4.10. The lowest BCUT2D eigenvalue weighted by Gasteiger charge is -2.32. The number of carbonyl (C=O) groups excluding carboxylic acids is 2. The zero-order valence-electron chi connectivity index (χ0n) is 22.2. The van der Waals surface area contributed by atoms with Crippen molar-refractivity contribution in [3.05, 3.63) is 101 Å². The molecule has 0 saturated heterocycles. The van der Waals surface area contributed by atoms with Crippen molar-refractivity contribution in [1.82, 2.24) is 20.1 Å². The molecule has 5 rings (SSSR count). The number of benzene rings is 3. The van der Waals surface area contributed by atoms with E-state index in [1.165, 1.54) is 5.56 Å². The summed E-state index contributed by atoms with van der Waals surface area (Å²) >= 11 is 0. The number of anilines is 1. The number of aromatic nitrogens is 1. The van der Waals surface area contributed by atoms with E-state index in [1.807, 2.05) is 87.9 Å². The molecule has 0 saturated carbocycles. The van der Waals surface area contributed by atoms with Crippen LogP contribution in [0.1, 0.15) is 35.1 Å². The highest BCUT2D eigenvalue weighted by Gasteiger charge is 2.32. The number of rotatable bonds is 7. The first-order valence-electron chi connectivity index (χ1n) is 13.1. The molecule has 2 heterocycles. The van der Waals surface area contributed by atoms with Gasteiger partial charge in [-0.3, -0.25) is 4.79 Å². The van der Waals surface area contributed by atoms with Gasteiger partial charge in [-0.15, -0.1) is 0 Å². The molecule has 38 heavy (non-hydrogen) atoms. The highest BCUT2D eigenvalue weighted by Crippen LogP contribution is 2.29. The van der Waals surface area contributed by atoms with Crippen LogP contribution >= 0.6 is 0 Å². The SMILES string of the molecule is C[C@@H](c1c[nH]c2ccccc12)[C@@H](NC(=O)N1CCc2ccccc2C1)C(=O)Nc1cccc(CN(C)C)c1. The van der Waals surface area contributed by atoms with Crippen molar-refractivity contribution in [1.29, 1.82) is 0 Å². The molecule has 0 bridgehead atoms. The van der Waals surface area contributed by atoms with Crippen LogP contribution in [0.4, 0.5) is 10.5 Å². The molecule has 0 aliphatic carbocycles. The molecule has 4 aromatic rings. The molecule has 3 aromatic carbocycles. The van der Waals surface area contributed by atoms with E-state index in [0.717, 1.165) is 40.6 Å². The summed E-state index contributed by atoms with van der Waals surface area (Å²) in [5.41, 5.74) is 6.24. The second-order valence-corrected chi connectivity index (χ2v) is 10.4. The first-order chi connectivity index (χ1) is 18.4. The first-order valence-corrected chi connectivity index (χ1v) is 13.1. The fourth-order valence-electron chi connectivity index (χ4n) is 5.29. The Morgan fingerprint density at radius 2 is 1.76 bits per heavy atom. The van der Waals surface area contributed by atoms with E-state index in [4.69, 9.17) is 0 Å². The van der Waals surface area contributed by atoms with Crippen LogP contribution in [0, 0.1) is 0 Å². The number of nitrogens with one attached hydrogen (secondary N) is 3. The van der Waals surface area contributed by atoms with Crippen LogP contribution in [0.25, 0.3) is 10.9 Å². The Morgan fingerprint density at radius 1 is 1.00 bits per heavy atom. The molecular formula is C31H35N5O2. The zero-order chi connectivity index (χ0) is 26.6. The lowest BCUT2D eigenvalue weighted by molar-refractivity contribution is -0.118. The van der Waals surface area contributed by atoms with Gasteiger partial charge >= 0.3 is 6.03 Å². The third-order valence-corrected chi connectivity index (χ3v) is 7.28. The molecule has 0 unspecified atom stereocenters. The summed E-state index contributed by atoms with van der Waals surface area (Å²) in [6.45, 7) is 3.91. The molecule has 0 spiro atoms. The molecule has 7 heteroatoms. The van der Waals surface area contributed by atoms with Crippen LogP contribution in [0.2, 0.25) is 0 Å². The van der Waals surface area contributed by atoms with Crippen LogP contribution in [0.5, 0.6) is 0 Å². The number of carbonyl (C=O) groups is 2. The molecule has 2 atom stereocenters. The van der Waals surface area contributed by atoms with Gasteiger partial charge in [0.05, 0.1) is 0 Å². The standard InChI is InChI=1S/C31H35N5O2/c1-21(27-18-32-28-14-7-6-13-26(27)28)29(30(37)33-25-12-8-9-22(17-25)19-35(2)3)34-31(38)36-16-15-23-10-4-5-11-24(23)20-36/h4-14,17-18,21,29,32H,15-16,19-20H2,1-3H3,(H,33,37)(H,34,38)/t21-,29+/m0/s1. The maximum absolute atomic E-state index is 13.8. The van der Waals surface area contributed by atoms with Gasteiger partial charge in [0.1, 0.15) is 6.04 Å². The molecule has 7 nitrogen and oxygen atoms in total. The van der Waals surface area contributed by atoms with Gasteiger partial charge < -0.3 is 25.4 Å². The van der Waals surface area contributed by atoms with Crippen LogP contribution in [-0.4, -0.2) is 53.4 Å². The van der Waals surface area contributed by atoms with Gasteiger partial charge in [0.25, 0.3) is 0 Å². The number of para-hydroxylation sites is 1. The van der Waals surface area contributed by atoms with E-state index >= 15 is 0 Å². The predicted molar refractivity (Wildman–Crippen MR) is 152 cm³/mol. The van der Waals surface area contributed by atoms with Crippen molar-refractivity contribution in [2.24, 2.45) is 0 Å². The number of urea groups is 1. The molecular weight excluding hydrogens is 474 g/mol. The number of fused-ring (bicyclic) bond motifs is 2. The van der Waals surface area contributed by atoms with E-state index in [-0.39, 0.29) is 17.9 Å². The lowest BCUT2D eigenvalue weighted by atomic mass is 9.92. The van der Waals surface area contributed by atoms with Gasteiger partial charge in [-0.05, 0) is 61.0 Å². The minimum atomic E-state index is -0.767. The number of H-pyrrole nitrogens is 1. The highest BCUT2D eigenvalue weighted by molar-refractivity contribution is 5.98. The topological polar surface area (TPSA) is 80.5 Å². The molecule has 3 N–H and O–H groups in total. The first kappa shape index (κ1) is 25.5. The van der Waals surface area contributed by atoms with E-state index in [9.17, 15) is 9.59 Å². The van der Waals surface area contributed by atoms with Crippen LogP contribution in [0.15, 0.2) is 79.0 Å². The predicted octanol–water partition coefficient (Wildman–Crippen LogP) is 5.11. The summed E-state index contributed by atoms with van der Waals surface area (Å²) in [4.78, 5) is 34.5. The second kappa shape index (κ2) is 11.1. The van der Waals surface area contributed by atoms with Crippen LogP contribution < -0.4 is 10.6 Å². The van der Waals surface area contributed by atoms with Gasteiger partial charge in [0, 0.05) is 48.3 Å². The monoisotopic (exact) mass is 509 g/mol. The van der Waals surface area contributed by atoms with Gasteiger partial charge in [-0.2, -0.15) is 0 Å². The fourth-order valence-corrected chi connectivity index (χ4v) is 5.29. The number of amides is 3. The summed E-state index contributed by atoms with van der Waals surface area (Å²) in [5.74, 6) is -0.507. The average Bonchev–Trinajstić information content (AvgIpc) is 3.35. The molecule has 0 fully saturated rings. The van der Waals surface area contributed by atoms with Crippen molar-refractivity contribution in [2.45, 2.75) is 38.4 Å². The molecule has 1 aromatic heterocycles. The Labute approximate surface area is 223 Å². The smallest absolute Gasteiger partial charge is 0.318 e. The van der Waals surface area contributed by atoms with E-state index in [0.29, 0.717) is 18.8 Å².